The van der Waals surface area contributed by atoms with E-state index in [2.05, 4.69) is 5.32 Å². The predicted octanol–water partition coefficient (Wildman–Crippen LogP) is 3.75. The highest BCUT2D eigenvalue weighted by Crippen LogP contribution is 2.24. The van der Waals surface area contributed by atoms with E-state index >= 15 is 0 Å². The Bertz CT molecular complexity index is 593. The first-order chi connectivity index (χ1) is 10.2. The average Bonchev–Trinajstić information content (AvgIpc) is 2.51. The lowest BCUT2D eigenvalue weighted by Crippen LogP contribution is -2.17. The number of benzene rings is 2. The van der Waals surface area contributed by atoms with Crippen LogP contribution in [-0.2, 0) is 13.0 Å². The van der Waals surface area contributed by atoms with E-state index in [9.17, 15) is 4.39 Å². The summed E-state index contributed by atoms with van der Waals surface area (Å²) < 4.78 is 23.6. The number of nitrogens with one attached hydrogen (secondary N) is 1. The van der Waals surface area contributed by atoms with Crippen LogP contribution in [0.15, 0.2) is 42.5 Å². The van der Waals surface area contributed by atoms with Crippen molar-refractivity contribution in [2.45, 2.75) is 13.0 Å². The number of ether oxygens (including phenoxy) is 2. The summed E-state index contributed by atoms with van der Waals surface area (Å²) in [4.78, 5) is 0. The number of rotatable bonds is 7. The van der Waals surface area contributed by atoms with E-state index in [1.54, 1.807) is 26.4 Å². The van der Waals surface area contributed by atoms with Crippen LogP contribution in [0.4, 0.5) is 4.39 Å². The topological polar surface area (TPSA) is 30.5 Å². The molecule has 0 aliphatic heterocycles. The van der Waals surface area contributed by atoms with Crippen molar-refractivity contribution in [1.82, 2.24) is 5.32 Å². The highest BCUT2D eigenvalue weighted by molar-refractivity contribution is 8.93. The highest BCUT2D eigenvalue weighted by Gasteiger charge is 2.04. The van der Waals surface area contributed by atoms with Crippen molar-refractivity contribution >= 4 is 17.0 Å². The van der Waals surface area contributed by atoms with Gasteiger partial charge in [0.05, 0.1) is 14.2 Å². The van der Waals surface area contributed by atoms with Crippen molar-refractivity contribution in [2.24, 2.45) is 0 Å². The maximum atomic E-state index is 13.1. The van der Waals surface area contributed by atoms with Gasteiger partial charge in [-0.2, -0.15) is 0 Å². The number of hydrogen-bond donors (Lipinski definition) is 1. The molecule has 0 spiro atoms. The van der Waals surface area contributed by atoms with Crippen LogP contribution in [0.3, 0.4) is 0 Å². The molecule has 0 bridgehead atoms. The maximum Gasteiger partial charge on any atom is 0.127 e. The van der Waals surface area contributed by atoms with Gasteiger partial charge in [-0.3, -0.25) is 0 Å². The van der Waals surface area contributed by atoms with Crippen molar-refractivity contribution in [3.05, 3.63) is 59.4 Å². The van der Waals surface area contributed by atoms with Gasteiger partial charge in [0.1, 0.15) is 17.3 Å². The Morgan fingerprint density at radius 1 is 1.05 bits per heavy atom. The normalized spacial score (nSPS) is 9.95. The molecule has 22 heavy (non-hydrogen) atoms. The molecular weight excluding hydrogens is 349 g/mol. The molecule has 0 saturated carbocycles. The Labute approximate surface area is 141 Å². The Balaban J connectivity index is 0.00000242. The molecule has 0 heterocycles. The largest absolute Gasteiger partial charge is 0.497 e. The fraction of sp³-hybridized carbons (Fsp3) is 0.294. The second-order valence-corrected chi connectivity index (χ2v) is 4.73. The second kappa shape index (κ2) is 9.43. The molecule has 2 aromatic carbocycles. The fourth-order valence-electron chi connectivity index (χ4n) is 2.15. The molecular formula is C17H21BrFNO2. The molecule has 0 radical (unpaired) electrons. The Hall–Kier alpha value is -1.59. The van der Waals surface area contributed by atoms with E-state index in [1.807, 2.05) is 24.3 Å². The van der Waals surface area contributed by atoms with Crippen molar-refractivity contribution < 1.29 is 13.9 Å². The van der Waals surface area contributed by atoms with E-state index in [-0.39, 0.29) is 22.8 Å². The zero-order valence-corrected chi connectivity index (χ0v) is 14.5. The molecule has 0 saturated heterocycles. The van der Waals surface area contributed by atoms with Crippen molar-refractivity contribution in [2.75, 3.05) is 20.8 Å². The zero-order chi connectivity index (χ0) is 15.1. The third-order valence-electron chi connectivity index (χ3n) is 3.29. The molecule has 0 fully saturated rings. The molecule has 0 unspecified atom stereocenters. The summed E-state index contributed by atoms with van der Waals surface area (Å²) in [5, 5.41) is 3.34. The van der Waals surface area contributed by atoms with Crippen LogP contribution in [-0.4, -0.2) is 20.8 Å². The first kappa shape index (κ1) is 18.5. The lowest BCUT2D eigenvalue weighted by atomic mass is 10.1. The fourth-order valence-corrected chi connectivity index (χ4v) is 2.15. The number of halogens is 2. The van der Waals surface area contributed by atoms with Gasteiger partial charge in [-0.1, -0.05) is 18.2 Å². The summed E-state index contributed by atoms with van der Waals surface area (Å²) >= 11 is 0. The average molecular weight is 370 g/mol. The van der Waals surface area contributed by atoms with Crippen molar-refractivity contribution in [3.8, 4) is 11.5 Å². The Morgan fingerprint density at radius 2 is 1.86 bits per heavy atom. The van der Waals surface area contributed by atoms with Crippen LogP contribution in [0.2, 0.25) is 0 Å². The standard InChI is InChI=1S/C17H20FNO2.BrH/c1-20-16-7-6-14(17(11-16)21-2)12-19-9-8-13-4-3-5-15(18)10-13;/h3-7,10-11,19H,8-9,12H2,1-2H3;1H. The SMILES string of the molecule is Br.COc1ccc(CNCCc2cccc(F)c2)c(OC)c1. The van der Waals surface area contributed by atoms with E-state index in [0.29, 0.717) is 6.54 Å². The molecule has 1 N–H and O–H groups in total. The molecule has 0 aromatic heterocycles. The first-order valence-corrected chi connectivity index (χ1v) is 6.89. The van der Waals surface area contributed by atoms with Gasteiger partial charge in [0, 0.05) is 18.2 Å². The van der Waals surface area contributed by atoms with Crippen LogP contribution in [0.5, 0.6) is 11.5 Å². The third-order valence-corrected chi connectivity index (χ3v) is 3.29. The summed E-state index contributed by atoms with van der Waals surface area (Å²) in [5.41, 5.74) is 2.06. The molecule has 0 atom stereocenters. The van der Waals surface area contributed by atoms with Gasteiger partial charge in [-0.15, -0.1) is 17.0 Å². The highest BCUT2D eigenvalue weighted by atomic mass is 79.9. The van der Waals surface area contributed by atoms with E-state index in [0.717, 1.165) is 35.6 Å². The van der Waals surface area contributed by atoms with Gasteiger partial charge in [-0.05, 0) is 36.7 Å². The monoisotopic (exact) mass is 369 g/mol. The van der Waals surface area contributed by atoms with Gasteiger partial charge in [-0.25, -0.2) is 4.39 Å². The number of methoxy groups -OCH3 is 2. The smallest absolute Gasteiger partial charge is 0.127 e. The van der Waals surface area contributed by atoms with Gasteiger partial charge in [0.2, 0.25) is 0 Å². The van der Waals surface area contributed by atoms with Gasteiger partial charge in [0.15, 0.2) is 0 Å². The predicted molar refractivity (Wildman–Crippen MR) is 91.7 cm³/mol. The zero-order valence-electron chi connectivity index (χ0n) is 12.8. The molecule has 2 rings (SSSR count). The molecule has 0 amide bonds. The Kier molecular flexibility index (Phi) is 7.91. The van der Waals surface area contributed by atoms with Crippen molar-refractivity contribution in [1.29, 1.82) is 0 Å². The lowest BCUT2D eigenvalue weighted by molar-refractivity contribution is 0.390. The quantitative estimate of drug-likeness (QED) is 0.753. The summed E-state index contributed by atoms with van der Waals surface area (Å²) in [6.07, 6.45) is 0.788. The van der Waals surface area contributed by atoms with E-state index < -0.39 is 0 Å². The molecule has 0 aliphatic rings. The summed E-state index contributed by atoms with van der Waals surface area (Å²) in [6.45, 7) is 1.47. The second-order valence-electron chi connectivity index (χ2n) is 4.73. The molecule has 2 aromatic rings. The molecule has 0 aliphatic carbocycles. The summed E-state index contributed by atoms with van der Waals surface area (Å²) in [5.74, 6) is 1.38. The van der Waals surface area contributed by atoms with Crippen LogP contribution in [0.25, 0.3) is 0 Å². The minimum absolute atomic E-state index is 0. The van der Waals surface area contributed by atoms with Gasteiger partial charge >= 0.3 is 0 Å². The molecule has 5 heteroatoms. The maximum absolute atomic E-state index is 13.1. The van der Waals surface area contributed by atoms with Crippen LogP contribution in [0, 0.1) is 5.82 Å². The van der Waals surface area contributed by atoms with Gasteiger partial charge < -0.3 is 14.8 Å². The van der Waals surface area contributed by atoms with Crippen molar-refractivity contribution in [3.63, 3.8) is 0 Å². The van der Waals surface area contributed by atoms with Crippen LogP contribution in [0.1, 0.15) is 11.1 Å². The Morgan fingerprint density at radius 3 is 2.55 bits per heavy atom. The van der Waals surface area contributed by atoms with E-state index in [4.69, 9.17) is 9.47 Å². The van der Waals surface area contributed by atoms with Gasteiger partial charge in [0.25, 0.3) is 0 Å². The first-order valence-electron chi connectivity index (χ1n) is 6.89. The van der Waals surface area contributed by atoms with E-state index in [1.165, 1.54) is 6.07 Å². The summed E-state index contributed by atoms with van der Waals surface area (Å²) in [6, 6.07) is 12.4. The molecule has 120 valence electrons. The minimum Gasteiger partial charge on any atom is -0.497 e. The number of hydrogen-bond acceptors (Lipinski definition) is 3. The third kappa shape index (κ3) is 5.31. The minimum atomic E-state index is -0.190. The lowest BCUT2D eigenvalue weighted by Gasteiger charge is -2.11. The van der Waals surface area contributed by atoms with Crippen LogP contribution >= 0.6 is 17.0 Å². The molecule has 3 nitrogen and oxygen atoms in total. The van der Waals surface area contributed by atoms with Crippen LogP contribution < -0.4 is 14.8 Å². The summed E-state index contributed by atoms with van der Waals surface area (Å²) in [7, 11) is 3.27.